The number of hydrogen-bond acceptors (Lipinski definition) is 4. The molecule has 2 bridgehead atoms. The predicted molar refractivity (Wildman–Crippen MR) is 107 cm³/mol. The number of thioether (sulfide) groups is 1. The number of nitrogens with zero attached hydrogens (tertiary/aromatic N) is 3. The molecule has 4 heterocycles. The monoisotopic (exact) mass is 407 g/mol. The Labute approximate surface area is 168 Å². The Kier molecular flexibility index (Phi) is 5.49. The van der Waals surface area contributed by atoms with Gasteiger partial charge in [0.05, 0.1) is 12.3 Å². The molecule has 3 aliphatic rings. The number of alkyl halides is 1. The van der Waals surface area contributed by atoms with Crippen LogP contribution in [0.25, 0.3) is 0 Å². The lowest BCUT2D eigenvalue weighted by Crippen LogP contribution is -2.50. The molecule has 0 N–H and O–H groups in total. The SMILES string of the molecule is CCSCC(=O)N1C[C@@H]2C[C@H](C1)c1ccc(C(=O)N3CC[C@@H](F)C3)c(=O)n1C2. The lowest BCUT2D eigenvalue weighted by atomic mass is 9.83. The molecule has 4 rings (SSSR count). The average Bonchev–Trinajstić information content (AvgIpc) is 3.12. The van der Waals surface area contributed by atoms with Gasteiger partial charge in [-0.25, -0.2) is 4.39 Å². The zero-order valence-electron chi connectivity index (χ0n) is 16.1. The van der Waals surface area contributed by atoms with Crippen LogP contribution >= 0.6 is 11.8 Å². The fraction of sp³-hybridized carbons (Fsp3) is 0.650. The van der Waals surface area contributed by atoms with E-state index in [1.54, 1.807) is 22.4 Å². The highest BCUT2D eigenvalue weighted by Gasteiger charge is 2.37. The molecular weight excluding hydrogens is 381 g/mol. The second-order valence-corrected chi connectivity index (χ2v) is 9.23. The van der Waals surface area contributed by atoms with Crippen molar-refractivity contribution in [1.29, 1.82) is 0 Å². The molecule has 1 aromatic heterocycles. The van der Waals surface area contributed by atoms with Gasteiger partial charge in [-0.1, -0.05) is 6.92 Å². The molecule has 0 aromatic carbocycles. The van der Waals surface area contributed by atoms with E-state index in [1.807, 2.05) is 17.9 Å². The number of fused-ring (bicyclic) bond motifs is 4. The van der Waals surface area contributed by atoms with Gasteiger partial charge in [0.1, 0.15) is 11.7 Å². The van der Waals surface area contributed by atoms with Gasteiger partial charge in [0.25, 0.3) is 11.5 Å². The molecule has 0 radical (unpaired) electrons. The molecule has 152 valence electrons. The summed E-state index contributed by atoms with van der Waals surface area (Å²) < 4.78 is 15.2. The standard InChI is InChI=1S/C20H26FN3O3S/c1-2-28-12-18(25)23-8-13-7-14(10-23)17-4-3-16(20(27)24(17)9-13)19(26)22-6-5-15(21)11-22/h3-4,13-15H,2,5-12H2,1H3/t13-,14+,15+/m0/s1. The fourth-order valence-corrected chi connectivity index (χ4v) is 5.23. The number of rotatable bonds is 4. The van der Waals surface area contributed by atoms with E-state index in [9.17, 15) is 18.8 Å². The Hall–Kier alpha value is -1.83. The maximum Gasteiger partial charge on any atom is 0.263 e. The first-order chi connectivity index (χ1) is 13.5. The number of pyridine rings is 1. The van der Waals surface area contributed by atoms with Crippen molar-refractivity contribution in [3.63, 3.8) is 0 Å². The van der Waals surface area contributed by atoms with Gasteiger partial charge in [0.15, 0.2) is 0 Å². The summed E-state index contributed by atoms with van der Waals surface area (Å²) in [4.78, 5) is 41.5. The van der Waals surface area contributed by atoms with E-state index >= 15 is 0 Å². The van der Waals surface area contributed by atoms with Crippen LogP contribution in [0.2, 0.25) is 0 Å². The van der Waals surface area contributed by atoms with Crippen LogP contribution in [0.5, 0.6) is 0 Å². The first kappa shape index (κ1) is 19.5. The van der Waals surface area contributed by atoms with Crippen LogP contribution < -0.4 is 5.56 Å². The van der Waals surface area contributed by atoms with Crippen LogP contribution in [-0.4, -0.2) is 70.0 Å². The van der Waals surface area contributed by atoms with E-state index in [0.29, 0.717) is 38.4 Å². The van der Waals surface area contributed by atoms with Crippen LogP contribution in [0.15, 0.2) is 16.9 Å². The largest absolute Gasteiger partial charge is 0.341 e. The highest BCUT2D eigenvalue weighted by atomic mass is 32.2. The fourth-order valence-electron chi connectivity index (χ4n) is 4.67. The molecule has 6 nitrogen and oxygen atoms in total. The lowest BCUT2D eigenvalue weighted by Gasteiger charge is -2.43. The molecule has 0 saturated carbocycles. The first-order valence-electron chi connectivity index (χ1n) is 10.0. The summed E-state index contributed by atoms with van der Waals surface area (Å²) in [6.07, 6.45) is 0.299. The zero-order chi connectivity index (χ0) is 19.8. The highest BCUT2D eigenvalue weighted by Crippen LogP contribution is 2.35. The molecule has 0 unspecified atom stereocenters. The van der Waals surface area contributed by atoms with Crippen molar-refractivity contribution in [3.8, 4) is 0 Å². The number of carbonyl (C=O) groups excluding carboxylic acids is 2. The topological polar surface area (TPSA) is 62.6 Å². The van der Waals surface area contributed by atoms with Crippen molar-refractivity contribution >= 4 is 23.6 Å². The van der Waals surface area contributed by atoms with Gasteiger partial charge >= 0.3 is 0 Å². The Balaban J connectivity index is 1.56. The Morgan fingerprint density at radius 1 is 1.18 bits per heavy atom. The van der Waals surface area contributed by atoms with Crippen molar-refractivity contribution in [2.75, 3.05) is 37.7 Å². The lowest BCUT2D eigenvalue weighted by molar-refractivity contribution is -0.131. The van der Waals surface area contributed by atoms with Crippen LogP contribution in [0, 0.1) is 5.92 Å². The Morgan fingerprint density at radius 2 is 2.00 bits per heavy atom. The van der Waals surface area contributed by atoms with Crippen LogP contribution in [-0.2, 0) is 11.3 Å². The summed E-state index contributed by atoms with van der Waals surface area (Å²) in [5.41, 5.74) is 0.758. The van der Waals surface area contributed by atoms with Crippen LogP contribution in [0.3, 0.4) is 0 Å². The normalized spacial score (nSPS) is 26.3. The van der Waals surface area contributed by atoms with Gasteiger partial charge in [-0.15, -0.1) is 0 Å². The zero-order valence-corrected chi connectivity index (χ0v) is 16.9. The molecule has 3 aliphatic heterocycles. The van der Waals surface area contributed by atoms with Gasteiger partial charge in [0.2, 0.25) is 5.91 Å². The Morgan fingerprint density at radius 3 is 2.71 bits per heavy atom. The second-order valence-electron chi connectivity index (χ2n) is 7.96. The van der Waals surface area contributed by atoms with Crippen molar-refractivity contribution in [2.45, 2.75) is 38.4 Å². The Bertz CT molecular complexity index is 842. The second kappa shape index (κ2) is 7.89. The number of hydrogen-bond donors (Lipinski definition) is 0. The van der Waals surface area contributed by atoms with Crippen molar-refractivity contribution in [2.24, 2.45) is 5.92 Å². The number of likely N-dealkylation sites (tertiary alicyclic amines) is 2. The third kappa shape index (κ3) is 3.58. The maximum absolute atomic E-state index is 13.4. The van der Waals surface area contributed by atoms with Gasteiger partial charge in [-0.05, 0) is 36.6 Å². The quantitative estimate of drug-likeness (QED) is 0.763. The smallest absolute Gasteiger partial charge is 0.263 e. The van der Waals surface area contributed by atoms with Gasteiger partial charge in [0, 0.05) is 37.8 Å². The third-order valence-electron chi connectivity index (χ3n) is 6.03. The molecule has 1 aromatic rings. The van der Waals surface area contributed by atoms with Gasteiger partial charge < -0.3 is 14.4 Å². The number of aromatic nitrogens is 1. The number of amides is 2. The molecule has 28 heavy (non-hydrogen) atoms. The maximum atomic E-state index is 13.4. The van der Waals surface area contributed by atoms with Gasteiger partial charge in [-0.3, -0.25) is 14.4 Å². The van der Waals surface area contributed by atoms with Crippen molar-refractivity contribution < 1.29 is 14.0 Å². The molecule has 0 aliphatic carbocycles. The molecular formula is C20H26FN3O3S. The van der Waals surface area contributed by atoms with E-state index < -0.39 is 6.17 Å². The van der Waals surface area contributed by atoms with Crippen LogP contribution in [0.4, 0.5) is 4.39 Å². The van der Waals surface area contributed by atoms with Crippen LogP contribution in [0.1, 0.15) is 41.7 Å². The minimum absolute atomic E-state index is 0.0676. The summed E-state index contributed by atoms with van der Waals surface area (Å²) in [7, 11) is 0. The van der Waals surface area contributed by atoms with Gasteiger partial charge in [-0.2, -0.15) is 11.8 Å². The van der Waals surface area contributed by atoms with Crippen molar-refractivity contribution in [1.82, 2.24) is 14.4 Å². The molecule has 8 heteroatoms. The summed E-state index contributed by atoms with van der Waals surface area (Å²) >= 11 is 1.63. The van der Waals surface area contributed by atoms with E-state index in [0.717, 1.165) is 17.9 Å². The number of halogens is 1. The highest BCUT2D eigenvalue weighted by molar-refractivity contribution is 7.99. The molecule has 2 fully saturated rings. The number of carbonyl (C=O) groups is 2. The predicted octanol–water partition coefficient (Wildman–Crippen LogP) is 1.73. The molecule has 2 amide bonds. The van der Waals surface area contributed by atoms with E-state index in [2.05, 4.69) is 0 Å². The molecule has 2 saturated heterocycles. The summed E-state index contributed by atoms with van der Waals surface area (Å²) in [5.74, 6) is 1.57. The summed E-state index contributed by atoms with van der Waals surface area (Å²) in [6, 6.07) is 3.45. The minimum atomic E-state index is -1.00. The number of piperidine rings is 1. The summed E-state index contributed by atoms with van der Waals surface area (Å²) in [5, 5.41) is 0. The van der Waals surface area contributed by atoms with E-state index in [4.69, 9.17) is 0 Å². The average molecular weight is 408 g/mol. The first-order valence-corrected chi connectivity index (χ1v) is 11.2. The van der Waals surface area contributed by atoms with E-state index in [-0.39, 0.29) is 41.3 Å². The van der Waals surface area contributed by atoms with E-state index in [1.165, 1.54) is 4.90 Å². The summed E-state index contributed by atoms with van der Waals surface area (Å²) in [6.45, 7) is 4.29. The third-order valence-corrected chi connectivity index (χ3v) is 6.89. The molecule has 0 spiro atoms. The minimum Gasteiger partial charge on any atom is -0.341 e. The van der Waals surface area contributed by atoms with Crippen molar-refractivity contribution in [3.05, 3.63) is 33.7 Å². The molecule has 3 atom stereocenters.